The lowest BCUT2D eigenvalue weighted by Crippen LogP contribution is -2.45. The van der Waals surface area contributed by atoms with E-state index in [2.05, 4.69) is 28.1 Å². The van der Waals surface area contributed by atoms with E-state index < -0.39 is 17.7 Å². The molecule has 3 amide bonds. The van der Waals surface area contributed by atoms with E-state index in [1.165, 1.54) is 11.6 Å². The van der Waals surface area contributed by atoms with Gasteiger partial charge in [-0.05, 0) is 74.4 Å². The topological polar surface area (TPSA) is 140 Å². The van der Waals surface area contributed by atoms with E-state index in [1.807, 2.05) is 12.1 Å². The standard InChI is InChI=1S/C30H43N3O6/c1-30(28(37)32-29(38)33-30)19-23-11-8-10-22(17-23)9-4-7-16-39-15-6-3-2-5-14-31-20-27(36)24-12-13-26(35)25(18-24)21-34/h8,10-13,17-18,27,31,34-36H,2-7,9,14-16,19-21H2,1H3,(H2,32,33,37,38)/t27-,30-/m0/s1. The summed E-state index contributed by atoms with van der Waals surface area (Å²) in [5.41, 5.74) is 2.45. The molecule has 0 unspecified atom stereocenters. The summed E-state index contributed by atoms with van der Waals surface area (Å²) >= 11 is 0. The lowest BCUT2D eigenvalue weighted by molar-refractivity contribution is -0.123. The molecule has 9 heteroatoms. The fourth-order valence-corrected chi connectivity index (χ4v) is 4.75. The maximum atomic E-state index is 12.1. The number of nitrogens with one attached hydrogen (secondary N) is 3. The minimum atomic E-state index is -0.900. The number of imide groups is 1. The van der Waals surface area contributed by atoms with Crippen LogP contribution in [0, 0.1) is 0 Å². The molecule has 214 valence electrons. The molecule has 0 aliphatic carbocycles. The maximum Gasteiger partial charge on any atom is 0.322 e. The van der Waals surface area contributed by atoms with Gasteiger partial charge in [0.25, 0.3) is 5.91 Å². The lowest BCUT2D eigenvalue weighted by atomic mass is 9.92. The molecule has 2 atom stereocenters. The molecule has 3 rings (SSSR count). The molecular weight excluding hydrogens is 498 g/mol. The molecule has 0 spiro atoms. The number of hydrogen-bond donors (Lipinski definition) is 6. The first kappa shape index (κ1) is 30.6. The summed E-state index contributed by atoms with van der Waals surface area (Å²) in [6, 6.07) is 12.5. The molecule has 9 nitrogen and oxygen atoms in total. The molecule has 1 saturated heterocycles. The number of rotatable bonds is 18. The molecule has 0 bridgehead atoms. The molecule has 1 aliphatic rings. The van der Waals surface area contributed by atoms with E-state index in [0.29, 0.717) is 24.1 Å². The highest BCUT2D eigenvalue weighted by Crippen LogP contribution is 2.22. The Balaban J connectivity index is 1.17. The summed E-state index contributed by atoms with van der Waals surface area (Å²) in [5.74, 6) is -0.250. The van der Waals surface area contributed by atoms with Crippen molar-refractivity contribution in [3.05, 3.63) is 64.7 Å². The number of benzene rings is 2. The van der Waals surface area contributed by atoms with Gasteiger partial charge in [0.15, 0.2) is 0 Å². The number of hydrogen-bond acceptors (Lipinski definition) is 7. The molecule has 1 fully saturated rings. The summed E-state index contributed by atoms with van der Waals surface area (Å²) < 4.78 is 5.79. The number of ether oxygens (including phenoxy) is 1. The first-order valence-electron chi connectivity index (χ1n) is 13.9. The number of amides is 3. The van der Waals surface area contributed by atoms with Gasteiger partial charge < -0.3 is 30.7 Å². The van der Waals surface area contributed by atoms with Crippen molar-refractivity contribution in [1.82, 2.24) is 16.0 Å². The van der Waals surface area contributed by atoms with Crippen LogP contribution in [0.1, 0.15) is 73.8 Å². The Hall–Kier alpha value is -2.98. The average molecular weight is 542 g/mol. The van der Waals surface area contributed by atoms with Crippen molar-refractivity contribution in [1.29, 1.82) is 0 Å². The highest BCUT2D eigenvalue weighted by molar-refractivity contribution is 6.06. The number of unbranched alkanes of at least 4 members (excludes halogenated alkanes) is 4. The Labute approximate surface area is 231 Å². The average Bonchev–Trinajstić information content (AvgIpc) is 3.17. The van der Waals surface area contributed by atoms with Crippen LogP contribution in [0.25, 0.3) is 0 Å². The minimum absolute atomic E-state index is 0.0354. The number of carbonyl (C=O) groups excluding carboxylic acids is 2. The predicted molar refractivity (Wildman–Crippen MR) is 149 cm³/mol. The van der Waals surface area contributed by atoms with Gasteiger partial charge in [-0.2, -0.15) is 0 Å². The van der Waals surface area contributed by atoms with E-state index in [-0.39, 0.29) is 18.3 Å². The van der Waals surface area contributed by atoms with Crippen LogP contribution in [-0.4, -0.2) is 59.1 Å². The van der Waals surface area contributed by atoms with Gasteiger partial charge in [-0.1, -0.05) is 43.2 Å². The van der Waals surface area contributed by atoms with Crippen molar-refractivity contribution in [2.75, 3.05) is 26.3 Å². The third-order valence-electron chi connectivity index (χ3n) is 7.06. The molecule has 0 radical (unpaired) electrons. The molecule has 2 aromatic carbocycles. The first-order chi connectivity index (χ1) is 18.8. The van der Waals surface area contributed by atoms with Crippen LogP contribution in [0.15, 0.2) is 42.5 Å². The number of aromatic hydroxyl groups is 1. The molecule has 6 N–H and O–H groups in total. The fraction of sp³-hybridized carbons (Fsp3) is 0.533. The Morgan fingerprint density at radius 2 is 1.72 bits per heavy atom. The van der Waals surface area contributed by atoms with Gasteiger partial charge in [0, 0.05) is 31.7 Å². The highest BCUT2D eigenvalue weighted by atomic mass is 16.5. The number of urea groups is 1. The van der Waals surface area contributed by atoms with Crippen LogP contribution in [0.5, 0.6) is 5.75 Å². The second-order valence-corrected chi connectivity index (χ2v) is 10.5. The Kier molecular flexibility index (Phi) is 12.2. The van der Waals surface area contributed by atoms with E-state index in [4.69, 9.17) is 4.74 Å². The van der Waals surface area contributed by atoms with Gasteiger partial charge in [0.1, 0.15) is 11.3 Å². The third-order valence-corrected chi connectivity index (χ3v) is 7.06. The number of aliphatic hydroxyl groups excluding tert-OH is 2. The summed E-state index contributed by atoms with van der Waals surface area (Å²) in [6.45, 7) is 4.25. The molecule has 39 heavy (non-hydrogen) atoms. The van der Waals surface area contributed by atoms with Crippen molar-refractivity contribution in [3.8, 4) is 5.75 Å². The third kappa shape index (κ3) is 9.93. The Morgan fingerprint density at radius 3 is 2.46 bits per heavy atom. The normalized spacial score (nSPS) is 17.7. The lowest BCUT2D eigenvalue weighted by Gasteiger charge is -2.20. The zero-order valence-electron chi connectivity index (χ0n) is 22.9. The van der Waals surface area contributed by atoms with Gasteiger partial charge in [0.2, 0.25) is 0 Å². The van der Waals surface area contributed by atoms with Crippen LogP contribution >= 0.6 is 0 Å². The van der Waals surface area contributed by atoms with Crippen LogP contribution in [-0.2, 0) is 29.0 Å². The number of carbonyl (C=O) groups is 2. The SMILES string of the molecule is C[C@@]1(Cc2cccc(CCCCOCCCCCCNC[C@H](O)c3ccc(O)c(CO)c3)c2)NC(=O)NC1=O. The smallest absolute Gasteiger partial charge is 0.322 e. The summed E-state index contributed by atoms with van der Waals surface area (Å²) in [5, 5.41) is 37.4. The second kappa shape index (κ2) is 15.6. The van der Waals surface area contributed by atoms with Crippen LogP contribution in [0.4, 0.5) is 4.79 Å². The molecule has 0 aromatic heterocycles. The molecule has 2 aromatic rings. The molecule has 0 saturated carbocycles. The van der Waals surface area contributed by atoms with Crippen molar-refractivity contribution in [2.45, 2.75) is 76.5 Å². The maximum absolute atomic E-state index is 12.1. The van der Waals surface area contributed by atoms with Crippen molar-refractivity contribution in [3.63, 3.8) is 0 Å². The number of phenols is 1. The van der Waals surface area contributed by atoms with Crippen LogP contribution in [0.2, 0.25) is 0 Å². The van der Waals surface area contributed by atoms with Gasteiger partial charge in [-0.3, -0.25) is 10.1 Å². The van der Waals surface area contributed by atoms with Gasteiger partial charge in [-0.25, -0.2) is 4.79 Å². The van der Waals surface area contributed by atoms with Gasteiger partial charge in [0.05, 0.1) is 12.7 Å². The van der Waals surface area contributed by atoms with E-state index in [1.54, 1.807) is 19.1 Å². The zero-order valence-corrected chi connectivity index (χ0v) is 22.9. The van der Waals surface area contributed by atoms with E-state index in [0.717, 1.165) is 70.3 Å². The zero-order chi connectivity index (χ0) is 28.1. The quantitative estimate of drug-likeness (QED) is 0.126. The van der Waals surface area contributed by atoms with E-state index in [9.17, 15) is 24.9 Å². The largest absolute Gasteiger partial charge is 0.508 e. The fourth-order valence-electron chi connectivity index (χ4n) is 4.75. The Bertz CT molecular complexity index is 1080. The van der Waals surface area contributed by atoms with Crippen molar-refractivity contribution in [2.24, 2.45) is 0 Å². The van der Waals surface area contributed by atoms with Crippen LogP contribution in [0.3, 0.4) is 0 Å². The van der Waals surface area contributed by atoms with E-state index >= 15 is 0 Å². The first-order valence-corrected chi connectivity index (χ1v) is 13.9. The summed E-state index contributed by atoms with van der Waals surface area (Å²) in [6.07, 6.45) is 7.02. The minimum Gasteiger partial charge on any atom is -0.508 e. The molecular formula is C30H43N3O6. The van der Waals surface area contributed by atoms with Crippen LogP contribution < -0.4 is 16.0 Å². The monoisotopic (exact) mass is 541 g/mol. The number of aryl methyl sites for hydroxylation is 1. The van der Waals surface area contributed by atoms with Crippen molar-refractivity contribution >= 4 is 11.9 Å². The molecule has 1 aliphatic heterocycles. The van der Waals surface area contributed by atoms with Gasteiger partial charge in [-0.15, -0.1) is 0 Å². The predicted octanol–water partition coefficient (Wildman–Crippen LogP) is 3.25. The highest BCUT2D eigenvalue weighted by Gasteiger charge is 2.41. The number of aliphatic hydroxyl groups is 2. The second-order valence-electron chi connectivity index (χ2n) is 10.5. The van der Waals surface area contributed by atoms with Crippen molar-refractivity contribution < 1.29 is 29.6 Å². The van der Waals surface area contributed by atoms with Gasteiger partial charge >= 0.3 is 6.03 Å². The summed E-state index contributed by atoms with van der Waals surface area (Å²) in [7, 11) is 0. The summed E-state index contributed by atoms with van der Waals surface area (Å²) in [4.78, 5) is 23.5. The Morgan fingerprint density at radius 1 is 0.974 bits per heavy atom. The molecule has 1 heterocycles.